The molecule has 0 saturated carbocycles. The predicted molar refractivity (Wildman–Crippen MR) is 84.6 cm³/mol. The first-order chi connectivity index (χ1) is 9.97. The summed E-state index contributed by atoms with van der Waals surface area (Å²) < 4.78 is 0. The lowest BCUT2D eigenvalue weighted by Gasteiger charge is -2.23. The number of carbonyl (C=O) groups excluding carboxylic acids is 1. The molecule has 21 heavy (non-hydrogen) atoms. The highest BCUT2D eigenvalue weighted by Crippen LogP contribution is 2.34. The Labute approximate surface area is 132 Å². The van der Waals surface area contributed by atoms with Gasteiger partial charge in [0.15, 0.2) is 0 Å². The Morgan fingerprint density at radius 3 is 2.86 bits per heavy atom. The normalized spacial score (nSPS) is 21.7. The first-order valence-electron chi connectivity index (χ1n) is 6.97. The third-order valence-electron chi connectivity index (χ3n) is 3.98. The van der Waals surface area contributed by atoms with Crippen LogP contribution in [0.5, 0.6) is 0 Å². The Bertz CT molecular complexity index is 532. The molecule has 0 aromatic carbocycles. The summed E-state index contributed by atoms with van der Waals surface area (Å²) in [6.45, 7) is 4.73. The predicted octanol–water partition coefficient (Wildman–Crippen LogP) is 2.40. The maximum Gasteiger partial charge on any atom is 0.311 e. The molecule has 2 rings (SSSR count). The SMILES string of the molecule is CCC1(C(=O)O)CCN(C(=O)CSCc2csc(C)n2)C1. The van der Waals surface area contributed by atoms with Gasteiger partial charge in [0.05, 0.1) is 21.9 Å². The Hall–Kier alpha value is -1.08. The van der Waals surface area contributed by atoms with Crippen LogP contribution < -0.4 is 0 Å². The van der Waals surface area contributed by atoms with E-state index in [2.05, 4.69) is 4.98 Å². The average molecular weight is 328 g/mol. The van der Waals surface area contributed by atoms with Crippen LogP contribution in [-0.4, -0.2) is 45.7 Å². The molecule has 1 aromatic heterocycles. The molecule has 7 heteroatoms. The number of likely N-dealkylation sites (tertiary alicyclic amines) is 1. The molecule has 1 N–H and O–H groups in total. The fraction of sp³-hybridized carbons (Fsp3) is 0.643. The molecule has 0 bridgehead atoms. The summed E-state index contributed by atoms with van der Waals surface area (Å²) in [6, 6.07) is 0. The summed E-state index contributed by atoms with van der Waals surface area (Å²) in [5.74, 6) is 0.354. The number of rotatable bonds is 6. The third kappa shape index (κ3) is 3.77. The van der Waals surface area contributed by atoms with E-state index in [9.17, 15) is 14.7 Å². The van der Waals surface area contributed by atoms with Crippen LogP contribution in [0, 0.1) is 12.3 Å². The van der Waals surface area contributed by atoms with E-state index in [1.54, 1.807) is 16.2 Å². The van der Waals surface area contributed by atoms with Crippen LogP contribution in [-0.2, 0) is 15.3 Å². The average Bonchev–Trinajstić information content (AvgIpc) is 3.06. The molecule has 2 heterocycles. The van der Waals surface area contributed by atoms with E-state index in [4.69, 9.17) is 0 Å². The zero-order chi connectivity index (χ0) is 15.5. The Balaban J connectivity index is 1.80. The highest BCUT2D eigenvalue weighted by Gasteiger charge is 2.44. The van der Waals surface area contributed by atoms with Gasteiger partial charge in [-0.3, -0.25) is 9.59 Å². The molecule has 1 aromatic rings. The largest absolute Gasteiger partial charge is 0.481 e. The Morgan fingerprint density at radius 1 is 1.57 bits per heavy atom. The number of aromatic nitrogens is 1. The van der Waals surface area contributed by atoms with Crippen molar-refractivity contribution in [1.29, 1.82) is 0 Å². The van der Waals surface area contributed by atoms with Gasteiger partial charge in [0.25, 0.3) is 0 Å². The van der Waals surface area contributed by atoms with Crippen LogP contribution in [0.1, 0.15) is 30.5 Å². The number of hydrogen-bond acceptors (Lipinski definition) is 5. The van der Waals surface area contributed by atoms with Crippen molar-refractivity contribution < 1.29 is 14.7 Å². The minimum atomic E-state index is -0.786. The van der Waals surface area contributed by atoms with Gasteiger partial charge < -0.3 is 10.0 Å². The quantitative estimate of drug-likeness (QED) is 0.868. The molecule has 1 unspecified atom stereocenters. The zero-order valence-corrected chi connectivity index (χ0v) is 13.9. The van der Waals surface area contributed by atoms with Gasteiger partial charge in [-0.2, -0.15) is 0 Å². The zero-order valence-electron chi connectivity index (χ0n) is 12.3. The molecule has 0 radical (unpaired) electrons. The van der Waals surface area contributed by atoms with Crippen molar-refractivity contribution in [3.63, 3.8) is 0 Å². The topological polar surface area (TPSA) is 70.5 Å². The first-order valence-corrected chi connectivity index (χ1v) is 9.00. The molecule has 1 amide bonds. The molecule has 1 aliphatic rings. The molecule has 1 atom stereocenters. The monoisotopic (exact) mass is 328 g/mol. The number of aryl methyl sites for hydroxylation is 1. The van der Waals surface area contributed by atoms with Gasteiger partial charge in [-0.25, -0.2) is 4.98 Å². The van der Waals surface area contributed by atoms with Crippen LogP contribution >= 0.6 is 23.1 Å². The highest BCUT2D eigenvalue weighted by atomic mass is 32.2. The van der Waals surface area contributed by atoms with Crippen molar-refractivity contribution in [2.75, 3.05) is 18.8 Å². The van der Waals surface area contributed by atoms with E-state index in [-0.39, 0.29) is 5.91 Å². The molecule has 5 nitrogen and oxygen atoms in total. The van der Waals surface area contributed by atoms with Gasteiger partial charge in [0.1, 0.15) is 0 Å². The third-order valence-corrected chi connectivity index (χ3v) is 5.75. The lowest BCUT2D eigenvalue weighted by atomic mass is 9.84. The number of carboxylic acid groups (broad SMARTS) is 1. The van der Waals surface area contributed by atoms with Crippen molar-refractivity contribution in [1.82, 2.24) is 9.88 Å². The van der Waals surface area contributed by atoms with Gasteiger partial charge in [0.2, 0.25) is 5.91 Å². The lowest BCUT2D eigenvalue weighted by molar-refractivity contribution is -0.148. The van der Waals surface area contributed by atoms with Gasteiger partial charge >= 0.3 is 5.97 Å². The molecular weight excluding hydrogens is 308 g/mol. The second-order valence-electron chi connectivity index (χ2n) is 5.35. The summed E-state index contributed by atoms with van der Waals surface area (Å²) in [7, 11) is 0. The van der Waals surface area contributed by atoms with Gasteiger partial charge in [-0.1, -0.05) is 6.92 Å². The Kier molecular flexibility index (Phi) is 5.27. The van der Waals surface area contributed by atoms with Crippen molar-refractivity contribution in [3.05, 3.63) is 16.1 Å². The summed E-state index contributed by atoms with van der Waals surface area (Å²) in [5, 5.41) is 12.4. The number of carbonyl (C=O) groups is 2. The van der Waals surface area contributed by atoms with E-state index in [1.165, 1.54) is 11.8 Å². The van der Waals surface area contributed by atoms with E-state index >= 15 is 0 Å². The van der Waals surface area contributed by atoms with Crippen molar-refractivity contribution in [2.45, 2.75) is 32.4 Å². The maximum atomic E-state index is 12.2. The lowest BCUT2D eigenvalue weighted by Crippen LogP contribution is -2.37. The summed E-state index contributed by atoms with van der Waals surface area (Å²) in [4.78, 5) is 29.6. The molecule has 116 valence electrons. The molecule has 1 fully saturated rings. The van der Waals surface area contributed by atoms with Crippen LogP contribution in [0.2, 0.25) is 0 Å². The minimum absolute atomic E-state index is 0.0310. The summed E-state index contributed by atoms with van der Waals surface area (Å²) in [5.41, 5.74) is 0.261. The second kappa shape index (κ2) is 6.79. The van der Waals surface area contributed by atoms with E-state index in [0.29, 0.717) is 31.7 Å². The van der Waals surface area contributed by atoms with Gasteiger partial charge in [-0.15, -0.1) is 23.1 Å². The Morgan fingerprint density at radius 2 is 2.33 bits per heavy atom. The van der Waals surface area contributed by atoms with E-state index in [0.717, 1.165) is 16.5 Å². The number of thiazole rings is 1. The fourth-order valence-electron chi connectivity index (χ4n) is 2.51. The van der Waals surface area contributed by atoms with E-state index < -0.39 is 11.4 Å². The number of thioether (sulfide) groups is 1. The molecule has 0 aliphatic carbocycles. The summed E-state index contributed by atoms with van der Waals surface area (Å²) in [6.07, 6.45) is 1.12. The number of amides is 1. The number of carboxylic acids is 1. The van der Waals surface area contributed by atoms with Crippen LogP contribution in [0.25, 0.3) is 0 Å². The van der Waals surface area contributed by atoms with Crippen molar-refractivity contribution in [3.8, 4) is 0 Å². The first kappa shape index (κ1) is 16.3. The van der Waals surface area contributed by atoms with Crippen LogP contribution in [0.4, 0.5) is 0 Å². The van der Waals surface area contributed by atoms with Crippen molar-refractivity contribution >= 4 is 35.0 Å². The fourth-order valence-corrected chi connectivity index (χ4v) is 4.04. The number of hydrogen-bond donors (Lipinski definition) is 1. The van der Waals surface area contributed by atoms with Gasteiger partial charge in [-0.05, 0) is 19.8 Å². The van der Waals surface area contributed by atoms with Crippen LogP contribution in [0.3, 0.4) is 0 Å². The van der Waals surface area contributed by atoms with Gasteiger partial charge in [0, 0.05) is 24.2 Å². The van der Waals surface area contributed by atoms with E-state index in [1.807, 2.05) is 19.2 Å². The van der Waals surface area contributed by atoms with Crippen molar-refractivity contribution in [2.24, 2.45) is 5.41 Å². The number of nitrogens with zero attached hydrogens (tertiary/aromatic N) is 2. The van der Waals surface area contributed by atoms with Crippen LogP contribution in [0.15, 0.2) is 5.38 Å². The standard InChI is InChI=1S/C14H20N2O3S2/c1-3-14(13(18)19)4-5-16(9-14)12(17)8-20-6-11-7-21-10(2)15-11/h7H,3-6,8-9H2,1-2H3,(H,18,19). The smallest absolute Gasteiger partial charge is 0.311 e. The minimum Gasteiger partial charge on any atom is -0.481 e. The molecule has 0 spiro atoms. The maximum absolute atomic E-state index is 12.2. The second-order valence-corrected chi connectivity index (χ2v) is 7.40. The number of aliphatic carboxylic acids is 1. The molecular formula is C14H20N2O3S2. The summed E-state index contributed by atoms with van der Waals surface area (Å²) >= 11 is 3.15. The molecule has 1 saturated heterocycles. The highest BCUT2D eigenvalue weighted by molar-refractivity contribution is 7.99. The molecule has 1 aliphatic heterocycles.